The molecular formula is C30H37NO3. The van der Waals surface area contributed by atoms with Crippen molar-refractivity contribution in [2.45, 2.75) is 69.9 Å². The average Bonchev–Trinajstić information content (AvgIpc) is 3.35. The summed E-state index contributed by atoms with van der Waals surface area (Å²) in [7, 11) is 0. The predicted molar refractivity (Wildman–Crippen MR) is 134 cm³/mol. The zero-order chi connectivity index (χ0) is 23.8. The lowest BCUT2D eigenvalue weighted by Gasteiger charge is -2.63. The third-order valence-corrected chi connectivity index (χ3v) is 8.28. The highest BCUT2D eigenvalue weighted by molar-refractivity contribution is 5.33. The van der Waals surface area contributed by atoms with Crippen molar-refractivity contribution in [2.75, 3.05) is 6.54 Å². The van der Waals surface area contributed by atoms with E-state index in [-0.39, 0.29) is 23.6 Å². The molecule has 2 heterocycles. The van der Waals surface area contributed by atoms with Gasteiger partial charge in [0.2, 0.25) is 0 Å². The maximum Gasteiger partial charge on any atom is 0.158 e. The van der Waals surface area contributed by atoms with Gasteiger partial charge in [0.15, 0.2) is 5.60 Å². The van der Waals surface area contributed by atoms with Gasteiger partial charge >= 0.3 is 0 Å². The Balaban J connectivity index is 1.52. The highest BCUT2D eigenvalue weighted by Gasteiger charge is 2.62. The molecule has 1 saturated carbocycles. The van der Waals surface area contributed by atoms with Gasteiger partial charge in [0.25, 0.3) is 0 Å². The Hall–Kier alpha value is -2.40. The first-order valence-corrected chi connectivity index (χ1v) is 12.6. The summed E-state index contributed by atoms with van der Waals surface area (Å²) < 4.78 is 12.8. The zero-order valence-electron chi connectivity index (χ0n) is 20.6. The minimum atomic E-state index is -0.592. The van der Waals surface area contributed by atoms with E-state index in [9.17, 15) is 5.11 Å². The van der Waals surface area contributed by atoms with Crippen molar-refractivity contribution in [2.24, 2.45) is 11.8 Å². The lowest BCUT2D eigenvalue weighted by molar-refractivity contribution is -0.254. The molecule has 34 heavy (non-hydrogen) atoms. The number of likely N-dealkylation sites (tertiary alicyclic amines) is 1. The van der Waals surface area contributed by atoms with Crippen molar-refractivity contribution in [1.29, 1.82) is 0 Å². The van der Waals surface area contributed by atoms with Crippen molar-refractivity contribution >= 4 is 0 Å². The van der Waals surface area contributed by atoms with Crippen molar-refractivity contribution in [1.82, 2.24) is 4.90 Å². The minimum Gasteiger partial charge on any atom is -0.466 e. The van der Waals surface area contributed by atoms with Gasteiger partial charge in [0.1, 0.15) is 5.76 Å². The van der Waals surface area contributed by atoms with Gasteiger partial charge in [-0.15, -0.1) is 0 Å². The lowest BCUT2D eigenvalue weighted by Crippen LogP contribution is -2.70. The number of aliphatic hydroxyl groups is 1. The van der Waals surface area contributed by atoms with Crippen molar-refractivity contribution in [3.05, 3.63) is 95.9 Å². The van der Waals surface area contributed by atoms with Gasteiger partial charge in [-0.2, -0.15) is 0 Å². The second-order valence-corrected chi connectivity index (χ2v) is 10.8. The summed E-state index contributed by atoms with van der Waals surface area (Å²) in [5.74, 6) is 1.67. The molecule has 0 spiro atoms. The Morgan fingerprint density at radius 3 is 2.35 bits per heavy atom. The van der Waals surface area contributed by atoms with Gasteiger partial charge in [-0.05, 0) is 55.9 Å². The van der Waals surface area contributed by atoms with Gasteiger partial charge in [0.05, 0.1) is 25.0 Å². The summed E-state index contributed by atoms with van der Waals surface area (Å²) in [4.78, 5) is 2.54. The molecule has 4 heteroatoms. The number of ether oxygens (including phenoxy) is 1. The van der Waals surface area contributed by atoms with Crippen LogP contribution >= 0.6 is 0 Å². The molecule has 2 aliphatic rings. The number of hydrogen-bond donors (Lipinski definition) is 1. The van der Waals surface area contributed by atoms with Gasteiger partial charge < -0.3 is 14.3 Å². The molecule has 1 aliphatic carbocycles. The largest absolute Gasteiger partial charge is 0.466 e. The van der Waals surface area contributed by atoms with Crippen molar-refractivity contribution < 1.29 is 14.3 Å². The van der Waals surface area contributed by atoms with Gasteiger partial charge in [-0.25, -0.2) is 0 Å². The molecule has 0 unspecified atom stereocenters. The first-order chi connectivity index (χ1) is 16.4. The summed E-state index contributed by atoms with van der Waals surface area (Å²) in [5, 5.41) is 11.1. The van der Waals surface area contributed by atoms with Gasteiger partial charge in [-0.3, -0.25) is 4.90 Å². The van der Waals surface area contributed by atoms with E-state index < -0.39 is 5.60 Å². The van der Waals surface area contributed by atoms with E-state index in [0.29, 0.717) is 12.5 Å². The zero-order valence-corrected chi connectivity index (χ0v) is 20.6. The number of nitrogens with zero attached hydrogens (tertiary/aromatic N) is 1. The van der Waals surface area contributed by atoms with E-state index in [0.717, 1.165) is 30.7 Å². The third-order valence-electron chi connectivity index (χ3n) is 8.28. The lowest BCUT2D eigenvalue weighted by atomic mass is 9.66. The van der Waals surface area contributed by atoms with Crippen LogP contribution < -0.4 is 0 Å². The monoisotopic (exact) mass is 459 g/mol. The van der Waals surface area contributed by atoms with Crippen LogP contribution in [0.15, 0.2) is 83.5 Å². The summed E-state index contributed by atoms with van der Waals surface area (Å²) in [6.45, 7) is 8.09. The molecule has 4 nitrogen and oxygen atoms in total. The fraction of sp³-hybridized carbons (Fsp3) is 0.467. The second kappa shape index (κ2) is 9.33. The Labute approximate surface area is 203 Å². The SMILES string of the molecule is C[C@@H]1CC[C@@H](C(C)(C)N2C[C@](OCc3ccccc3)(c3ccco3)[C@@H]2c2ccccc2)[C@H](O)C1. The van der Waals surface area contributed by atoms with Crippen LogP contribution in [0, 0.1) is 11.8 Å². The van der Waals surface area contributed by atoms with Crippen molar-refractivity contribution in [3.63, 3.8) is 0 Å². The highest BCUT2D eigenvalue weighted by atomic mass is 16.5. The third kappa shape index (κ3) is 4.13. The Kier molecular flexibility index (Phi) is 6.41. The molecule has 1 aliphatic heterocycles. The van der Waals surface area contributed by atoms with Crippen LogP contribution in [0.3, 0.4) is 0 Å². The molecule has 5 atom stereocenters. The molecule has 2 aromatic carbocycles. The molecule has 0 bridgehead atoms. The number of hydrogen-bond acceptors (Lipinski definition) is 4. The molecule has 3 aromatic rings. The fourth-order valence-corrected chi connectivity index (χ4v) is 6.29. The Morgan fingerprint density at radius 2 is 1.71 bits per heavy atom. The number of rotatable bonds is 7. The van der Waals surface area contributed by atoms with Crippen molar-refractivity contribution in [3.8, 4) is 0 Å². The molecular weight excluding hydrogens is 422 g/mol. The van der Waals surface area contributed by atoms with Crippen LogP contribution in [-0.4, -0.2) is 28.2 Å². The van der Waals surface area contributed by atoms with E-state index in [1.807, 2.05) is 18.2 Å². The van der Waals surface area contributed by atoms with E-state index in [1.54, 1.807) is 6.26 Å². The second-order valence-electron chi connectivity index (χ2n) is 10.8. The van der Waals surface area contributed by atoms with Crippen LogP contribution in [0.2, 0.25) is 0 Å². The molecule has 1 N–H and O–H groups in total. The fourth-order valence-electron chi connectivity index (χ4n) is 6.29. The van der Waals surface area contributed by atoms with Gasteiger partial charge in [-0.1, -0.05) is 74.0 Å². The van der Waals surface area contributed by atoms with Crippen LogP contribution in [0.25, 0.3) is 0 Å². The highest BCUT2D eigenvalue weighted by Crippen LogP contribution is 2.57. The maximum atomic E-state index is 11.1. The minimum absolute atomic E-state index is 0.00916. The first kappa shape index (κ1) is 23.3. The maximum absolute atomic E-state index is 11.1. The number of benzene rings is 2. The Morgan fingerprint density at radius 1 is 1.00 bits per heavy atom. The average molecular weight is 460 g/mol. The first-order valence-electron chi connectivity index (χ1n) is 12.6. The Bertz CT molecular complexity index is 1050. The van der Waals surface area contributed by atoms with E-state index in [4.69, 9.17) is 9.15 Å². The van der Waals surface area contributed by atoms with Crippen LogP contribution in [-0.2, 0) is 16.9 Å². The van der Waals surface area contributed by atoms with Crippen LogP contribution in [0.1, 0.15) is 63.0 Å². The quantitative estimate of drug-likeness (QED) is 0.449. The van der Waals surface area contributed by atoms with E-state index in [2.05, 4.69) is 80.3 Å². The molecule has 180 valence electrons. The van der Waals surface area contributed by atoms with Gasteiger partial charge in [0, 0.05) is 18.0 Å². The number of aliphatic hydroxyl groups excluding tert-OH is 1. The molecule has 0 amide bonds. The molecule has 0 radical (unpaired) electrons. The standard InChI is InChI=1S/C30H37NO3/c1-22-16-17-25(26(32)19-22)29(2,3)31-21-30(27-15-10-18-33-27,28(31)24-13-8-5-9-14-24)34-20-23-11-6-4-7-12-23/h4-15,18,22,25-26,28,32H,16-17,19-21H2,1-3H3/t22-,25-,26-,28+,30+/m1/s1. The normalized spacial score (nSPS) is 30.1. The predicted octanol–water partition coefficient (Wildman–Crippen LogP) is 6.32. The molecule has 1 saturated heterocycles. The van der Waals surface area contributed by atoms with Crippen LogP contribution in [0.5, 0.6) is 0 Å². The summed E-state index contributed by atoms with van der Waals surface area (Å²) in [6, 6.07) is 25.0. The summed E-state index contributed by atoms with van der Waals surface area (Å²) in [5.41, 5.74) is 1.58. The molecule has 5 rings (SSSR count). The summed E-state index contributed by atoms with van der Waals surface area (Å²) in [6.07, 6.45) is 4.56. The van der Waals surface area contributed by atoms with E-state index in [1.165, 1.54) is 12.0 Å². The molecule has 1 aromatic heterocycles. The smallest absolute Gasteiger partial charge is 0.158 e. The summed E-state index contributed by atoms with van der Waals surface area (Å²) >= 11 is 0. The van der Waals surface area contributed by atoms with Crippen LogP contribution in [0.4, 0.5) is 0 Å². The topological polar surface area (TPSA) is 45.8 Å². The number of furan rings is 1. The van der Waals surface area contributed by atoms with E-state index >= 15 is 0 Å². The molecule has 2 fully saturated rings.